The van der Waals surface area contributed by atoms with Gasteiger partial charge in [0.15, 0.2) is 0 Å². The lowest BCUT2D eigenvalue weighted by Crippen LogP contribution is -2.19. The molecule has 5 heteroatoms. The molecule has 0 spiro atoms. The zero-order chi connectivity index (χ0) is 15.2. The highest BCUT2D eigenvalue weighted by Gasteiger charge is 2.15. The molecule has 0 saturated heterocycles. The highest BCUT2D eigenvalue weighted by molar-refractivity contribution is 5.61. The van der Waals surface area contributed by atoms with Crippen LogP contribution < -0.4 is 10.1 Å². The van der Waals surface area contributed by atoms with E-state index in [2.05, 4.69) is 5.32 Å². The van der Waals surface area contributed by atoms with Gasteiger partial charge in [-0.25, -0.2) is 0 Å². The SMILES string of the molecule is COc1ccccc1CC(C)Nc1ccccc1[N+](=O)[O-]. The van der Waals surface area contributed by atoms with Gasteiger partial charge in [-0.2, -0.15) is 0 Å². The molecule has 0 fully saturated rings. The summed E-state index contributed by atoms with van der Waals surface area (Å²) < 4.78 is 5.32. The molecule has 0 aliphatic rings. The Balaban J connectivity index is 2.12. The molecule has 0 bridgehead atoms. The fourth-order valence-corrected chi connectivity index (χ4v) is 2.27. The second-order valence-corrected chi connectivity index (χ2v) is 4.84. The van der Waals surface area contributed by atoms with E-state index in [1.165, 1.54) is 6.07 Å². The van der Waals surface area contributed by atoms with Gasteiger partial charge in [-0.3, -0.25) is 10.1 Å². The van der Waals surface area contributed by atoms with Crippen molar-refractivity contribution in [3.8, 4) is 5.75 Å². The predicted molar refractivity (Wildman–Crippen MR) is 82.9 cm³/mol. The number of para-hydroxylation sites is 3. The second-order valence-electron chi connectivity index (χ2n) is 4.84. The average Bonchev–Trinajstić information content (AvgIpc) is 2.48. The highest BCUT2D eigenvalue weighted by atomic mass is 16.6. The van der Waals surface area contributed by atoms with Gasteiger partial charge >= 0.3 is 0 Å². The van der Waals surface area contributed by atoms with Gasteiger partial charge in [0, 0.05) is 12.1 Å². The quantitative estimate of drug-likeness (QED) is 0.650. The van der Waals surface area contributed by atoms with E-state index in [-0.39, 0.29) is 16.7 Å². The maximum atomic E-state index is 11.0. The van der Waals surface area contributed by atoms with E-state index >= 15 is 0 Å². The van der Waals surface area contributed by atoms with Gasteiger partial charge in [0.25, 0.3) is 5.69 Å². The number of rotatable bonds is 6. The minimum Gasteiger partial charge on any atom is -0.496 e. The molecule has 2 aromatic carbocycles. The van der Waals surface area contributed by atoms with Crippen LogP contribution in [-0.4, -0.2) is 18.1 Å². The van der Waals surface area contributed by atoms with Crippen molar-refractivity contribution in [2.45, 2.75) is 19.4 Å². The molecule has 1 atom stereocenters. The van der Waals surface area contributed by atoms with E-state index in [4.69, 9.17) is 4.74 Å². The Morgan fingerprint density at radius 1 is 1.19 bits per heavy atom. The molecule has 0 saturated carbocycles. The molecule has 2 rings (SSSR count). The maximum Gasteiger partial charge on any atom is 0.292 e. The summed E-state index contributed by atoms with van der Waals surface area (Å²) in [5.41, 5.74) is 1.69. The van der Waals surface area contributed by atoms with Crippen LogP contribution in [0.5, 0.6) is 5.75 Å². The number of benzene rings is 2. The number of nitro benzene ring substituents is 1. The molecule has 110 valence electrons. The third kappa shape index (κ3) is 3.72. The molecule has 0 amide bonds. The molecule has 0 heterocycles. The normalized spacial score (nSPS) is 11.7. The van der Waals surface area contributed by atoms with Crippen molar-refractivity contribution in [2.75, 3.05) is 12.4 Å². The number of ether oxygens (including phenoxy) is 1. The molecule has 0 aromatic heterocycles. The first-order valence-corrected chi connectivity index (χ1v) is 6.73. The zero-order valence-corrected chi connectivity index (χ0v) is 12.1. The van der Waals surface area contributed by atoms with Gasteiger partial charge in [-0.1, -0.05) is 30.3 Å². The van der Waals surface area contributed by atoms with Crippen molar-refractivity contribution in [3.05, 3.63) is 64.2 Å². The largest absolute Gasteiger partial charge is 0.496 e. The fourth-order valence-electron chi connectivity index (χ4n) is 2.27. The second kappa shape index (κ2) is 6.74. The Bertz CT molecular complexity index is 628. The Kier molecular flexibility index (Phi) is 4.77. The standard InChI is InChI=1S/C16H18N2O3/c1-12(11-13-7-3-6-10-16(13)21-2)17-14-8-4-5-9-15(14)18(19)20/h3-10,12,17H,11H2,1-2H3. The lowest BCUT2D eigenvalue weighted by Gasteiger charge is -2.17. The van der Waals surface area contributed by atoms with Gasteiger partial charge in [-0.05, 0) is 31.0 Å². The molecule has 5 nitrogen and oxygen atoms in total. The molecule has 2 aromatic rings. The number of anilines is 1. The first-order valence-electron chi connectivity index (χ1n) is 6.73. The van der Waals surface area contributed by atoms with E-state index in [9.17, 15) is 10.1 Å². The van der Waals surface area contributed by atoms with Crippen LogP contribution in [0.15, 0.2) is 48.5 Å². The van der Waals surface area contributed by atoms with Crippen LogP contribution in [0.3, 0.4) is 0 Å². The Hall–Kier alpha value is -2.56. The summed E-state index contributed by atoms with van der Waals surface area (Å²) in [6, 6.07) is 14.5. The summed E-state index contributed by atoms with van der Waals surface area (Å²) in [5, 5.41) is 14.2. The minimum absolute atomic E-state index is 0.0439. The lowest BCUT2D eigenvalue weighted by atomic mass is 10.1. The summed E-state index contributed by atoms with van der Waals surface area (Å²) >= 11 is 0. The van der Waals surface area contributed by atoms with Crippen LogP contribution in [0.2, 0.25) is 0 Å². The number of nitro groups is 1. The van der Waals surface area contributed by atoms with Crippen molar-refractivity contribution in [3.63, 3.8) is 0 Å². The van der Waals surface area contributed by atoms with Gasteiger partial charge in [0.05, 0.1) is 12.0 Å². The van der Waals surface area contributed by atoms with Crippen molar-refractivity contribution in [1.82, 2.24) is 0 Å². The van der Waals surface area contributed by atoms with Crippen molar-refractivity contribution >= 4 is 11.4 Å². The van der Waals surface area contributed by atoms with Crippen molar-refractivity contribution in [1.29, 1.82) is 0 Å². The predicted octanol–water partition coefficient (Wildman–Crippen LogP) is 3.65. The van der Waals surface area contributed by atoms with Crippen LogP contribution in [0.4, 0.5) is 11.4 Å². The number of hydrogen-bond donors (Lipinski definition) is 1. The summed E-state index contributed by atoms with van der Waals surface area (Å²) in [5.74, 6) is 0.828. The molecular weight excluding hydrogens is 268 g/mol. The molecule has 0 aliphatic carbocycles. The van der Waals surface area contributed by atoms with Crippen molar-refractivity contribution < 1.29 is 9.66 Å². The number of methoxy groups -OCH3 is 1. The average molecular weight is 286 g/mol. The summed E-state index contributed by atoms with van der Waals surface area (Å²) in [6.07, 6.45) is 0.718. The Labute approximate surface area is 123 Å². The third-order valence-corrected chi connectivity index (χ3v) is 3.22. The minimum atomic E-state index is -0.377. The van der Waals surface area contributed by atoms with Crippen LogP contribution >= 0.6 is 0 Å². The van der Waals surface area contributed by atoms with E-state index in [0.29, 0.717) is 5.69 Å². The molecule has 1 unspecified atom stereocenters. The Morgan fingerprint density at radius 2 is 1.86 bits per heavy atom. The smallest absolute Gasteiger partial charge is 0.292 e. The first-order chi connectivity index (χ1) is 10.1. The summed E-state index contributed by atoms with van der Waals surface area (Å²) in [7, 11) is 1.64. The van der Waals surface area contributed by atoms with Crippen LogP contribution in [-0.2, 0) is 6.42 Å². The lowest BCUT2D eigenvalue weighted by molar-refractivity contribution is -0.384. The van der Waals surface area contributed by atoms with E-state index in [0.717, 1.165) is 17.7 Å². The summed E-state index contributed by atoms with van der Waals surface area (Å²) in [6.45, 7) is 1.99. The van der Waals surface area contributed by atoms with Gasteiger partial charge < -0.3 is 10.1 Å². The van der Waals surface area contributed by atoms with Gasteiger partial charge in [0.1, 0.15) is 11.4 Å². The van der Waals surface area contributed by atoms with Crippen LogP contribution in [0.25, 0.3) is 0 Å². The molecule has 1 N–H and O–H groups in total. The van der Waals surface area contributed by atoms with Gasteiger partial charge in [-0.15, -0.1) is 0 Å². The van der Waals surface area contributed by atoms with E-state index in [1.54, 1.807) is 25.3 Å². The Morgan fingerprint density at radius 3 is 2.57 bits per heavy atom. The van der Waals surface area contributed by atoms with E-state index < -0.39 is 0 Å². The summed E-state index contributed by atoms with van der Waals surface area (Å²) in [4.78, 5) is 10.6. The number of nitrogens with zero attached hydrogens (tertiary/aromatic N) is 1. The first kappa shape index (κ1) is 14.8. The molecule has 0 aliphatic heterocycles. The van der Waals surface area contributed by atoms with Crippen molar-refractivity contribution in [2.24, 2.45) is 0 Å². The van der Waals surface area contributed by atoms with E-state index in [1.807, 2.05) is 31.2 Å². The molecular formula is C16H18N2O3. The zero-order valence-electron chi connectivity index (χ0n) is 12.1. The highest BCUT2D eigenvalue weighted by Crippen LogP contribution is 2.25. The van der Waals surface area contributed by atoms with Crippen LogP contribution in [0.1, 0.15) is 12.5 Å². The van der Waals surface area contributed by atoms with Crippen LogP contribution in [0, 0.1) is 10.1 Å². The third-order valence-electron chi connectivity index (χ3n) is 3.22. The fraction of sp³-hybridized carbons (Fsp3) is 0.250. The monoisotopic (exact) mass is 286 g/mol. The number of nitrogens with one attached hydrogen (secondary N) is 1. The maximum absolute atomic E-state index is 11.0. The van der Waals surface area contributed by atoms with Gasteiger partial charge in [0.2, 0.25) is 0 Å². The molecule has 0 radical (unpaired) electrons. The molecule has 21 heavy (non-hydrogen) atoms. The number of hydrogen-bond acceptors (Lipinski definition) is 4. The topological polar surface area (TPSA) is 64.4 Å².